The van der Waals surface area contributed by atoms with Crippen LogP contribution in [0.1, 0.15) is 56.2 Å². The fourth-order valence-electron chi connectivity index (χ4n) is 2.99. The van der Waals surface area contributed by atoms with Crippen molar-refractivity contribution < 1.29 is 0 Å². The molecule has 19 heavy (non-hydrogen) atoms. The zero-order chi connectivity index (χ0) is 13.5. The molecule has 0 aromatic heterocycles. The van der Waals surface area contributed by atoms with E-state index in [1.807, 2.05) is 0 Å². The van der Waals surface area contributed by atoms with Gasteiger partial charge in [-0.05, 0) is 80.6 Å². The Hall–Kier alpha value is -0.820. The molecule has 0 spiro atoms. The molecular weight excluding hydrogens is 230 g/mol. The highest BCUT2D eigenvalue weighted by Crippen LogP contribution is 2.24. The summed E-state index contributed by atoms with van der Waals surface area (Å²) in [5.41, 5.74) is 4.77. The number of aryl methyl sites for hydroxylation is 3. The van der Waals surface area contributed by atoms with E-state index in [4.69, 9.17) is 0 Å². The van der Waals surface area contributed by atoms with Crippen LogP contribution >= 0.6 is 0 Å². The van der Waals surface area contributed by atoms with E-state index in [1.165, 1.54) is 51.5 Å². The first-order valence-corrected chi connectivity index (χ1v) is 8.11. The number of fused-ring (bicyclic) bond motifs is 1. The van der Waals surface area contributed by atoms with Crippen LogP contribution in [0, 0.1) is 5.92 Å². The van der Waals surface area contributed by atoms with Gasteiger partial charge in [-0.1, -0.05) is 32.0 Å². The van der Waals surface area contributed by atoms with Crippen LogP contribution in [0.25, 0.3) is 0 Å². The van der Waals surface area contributed by atoms with E-state index in [0.29, 0.717) is 0 Å². The Morgan fingerprint density at radius 2 is 1.95 bits per heavy atom. The summed E-state index contributed by atoms with van der Waals surface area (Å²) in [7, 11) is 0. The van der Waals surface area contributed by atoms with Crippen molar-refractivity contribution in [1.29, 1.82) is 0 Å². The topological polar surface area (TPSA) is 12.0 Å². The molecule has 1 aliphatic carbocycles. The predicted molar refractivity (Wildman–Crippen MR) is 83.7 cm³/mol. The predicted octanol–water partition coefficient (Wildman–Crippen LogP) is 4.13. The largest absolute Gasteiger partial charge is 0.317 e. The number of nitrogens with one attached hydrogen (secondary N) is 1. The summed E-state index contributed by atoms with van der Waals surface area (Å²) in [6, 6.07) is 7.18. The maximum absolute atomic E-state index is 3.50. The molecule has 1 heteroatoms. The molecule has 0 amide bonds. The smallest absolute Gasteiger partial charge is 0.00464 e. The SMILES string of the molecule is CCCNCCC(C)CCc1ccc2c(c1)CCC2. The van der Waals surface area contributed by atoms with Crippen LogP contribution < -0.4 is 5.32 Å². The second-order valence-electron chi connectivity index (χ2n) is 6.14. The summed E-state index contributed by atoms with van der Waals surface area (Å²) in [6.07, 6.45) is 9.09. The summed E-state index contributed by atoms with van der Waals surface area (Å²) in [6.45, 7) is 6.96. The van der Waals surface area contributed by atoms with Gasteiger partial charge in [0.1, 0.15) is 0 Å². The monoisotopic (exact) mass is 259 g/mol. The second-order valence-corrected chi connectivity index (χ2v) is 6.14. The van der Waals surface area contributed by atoms with E-state index in [9.17, 15) is 0 Å². The van der Waals surface area contributed by atoms with Crippen LogP contribution in [0.2, 0.25) is 0 Å². The molecule has 0 saturated carbocycles. The van der Waals surface area contributed by atoms with Crippen molar-refractivity contribution in [3.8, 4) is 0 Å². The van der Waals surface area contributed by atoms with Crippen LogP contribution in [0.15, 0.2) is 18.2 Å². The maximum atomic E-state index is 3.50. The summed E-state index contributed by atoms with van der Waals surface area (Å²) in [5.74, 6) is 0.831. The van der Waals surface area contributed by atoms with Gasteiger partial charge in [-0.25, -0.2) is 0 Å². The van der Waals surface area contributed by atoms with Crippen molar-refractivity contribution in [2.45, 2.75) is 58.8 Å². The molecule has 1 aliphatic rings. The summed E-state index contributed by atoms with van der Waals surface area (Å²) >= 11 is 0. The Morgan fingerprint density at radius 1 is 1.11 bits per heavy atom. The molecule has 1 atom stereocenters. The van der Waals surface area contributed by atoms with Crippen LogP contribution in [0.3, 0.4) is 0 Å². The van der Waals surface area contributed by atoms with Crippen molar-refractivity contribution in [3.05, 3.63) is 34.9 Å². The Morgan fingerprint density at radius 3 is 2.79 bits per heavy atom. The third-order valence-electron chi connectivity index (χ3n) is 4.33. The van der Waals surface area contributed by atoms with E-state index in [-0.39, 0.29) is 0 Å². The molecule has 106 valence electrons. The van der Waals surface area contributed by atoms with Gasteiger partial charge in [0.15, 0.2) is 0 Å². The van der Waals surface area contributed by atoms with E-state index >= 15 is 0 Å². The average molecular weight is 259 g/mol. The minimum Gasteiger partial charge on any atom is -0.317 e. The normalized spacial score (nSPS) is 15.5. The van der Waals surface area contributed by atoms with Crippen molar-refractivity contribution in [1.82, 2.24) is 5.32 Å². The van der Waals surface area contributed by atoms with Gasteiger partial charge in [0.2, 0.25) is 0 Å². The Bertz CT molecular complexity index is 383. The lowest BCUT2D eigenvalue weighted by Crippen LogP contribution is -2.18. The Labute approximate surface area is 118 Å². The molecule has 1 N–H and O–H groups in total. The summed E-state index contributed by atoms with van der Waals surface area (Å²) < 4.78 is 0. The van der Waals surface area contributed by atoms with E-state index in [1.54, 1.807) is 16.7 Å². The van der Waals surface area contributed by atoms with Gasteiger partial charge >= 0.3 is 0 Å². The van der Waals surface area contributed by atoms with Gasteiger partial charge in [-0.2, -0.15) is 0 Å². The molecule has 0 saturated heterocycles. The highest BCUT2D eigenvalue weighted by Gasteiger charge is 2.11. The first kappa shape index (κ1) is 14.6. The lowest BCUT2D eigenvalue weighted by Gasteiger charge is -2.12. The summed E-state index contributed by atoms with van der Waals surface area (Å²) in [5, 5.41) is 3.50. The molecule has 0 aliphatic heterocycles. The maximum Gasteiger partial charge on any atom is -0.00464 e. The fourth-order valence-corrected chi connectivity index (χ4v) is 2.99. The second kappa shape index (κ2) is 7.69. The highest BCUT2D eigenvalue weighted by molar-refractivity contribution is 5.35. The zero-order valence-electron chi connectivity index (χ0n) is 12.7. The Kier molecular flexibility index (Phi) is 5.91. The number of rotatable bonds is 8. The molecule has 0 radical (unpaired) electrons. The molecule has 0 bridgehead atoms. The van der Waals surface area contributed by atoms with Crippen molar-refractivity contribution in [3.63, 3.8) is 0 Å². The minimum atomic E-state index is 0.831. The quantitative estimate of drug-likeness (QED) is 0.692. The molecule has 1 unspecified atom stereocenters. The average Bonchev–Trinajstić information content (AvgIpc) is 2.89. The first-order chi connectivity index (χ1) is 9.29. The number of hydrogen-bond donors (Lipinski definition) is 1. The van der Waals surface area contributed by atoms with Crippen molar-refractivity contribution >= 4 is 0 Å². The first-order valence-electron chi connectivity index (χ1n) is 8.11. The van der Waals surface area contributed by atoms with Gasteiger partial charge in [-0.15, -0.1) is 0 Å². The fraction of sp³-hybridized carbons (Fsp3) is 0.667. The molecule has 2 rings (SSSR count). The van der Waals surface area contributed by atoms with Gasteiger partial charge in [0.05, 0.1) is 0 Å². The third kappa shape index (κ3) is 4.65. The van der Waals surface area contributed by atoms with Crippen LogP contribution in [-0.2, 0) is 19.3 Å². The van der Waals surface area contributed by atoms with Crippen LogP contribution in [-0.4, -0.2) is 13.1 Å². The minimum absolute atomic E-state index is 0.831. The van der Waals surface area contributed by atoms with Crippen LogP contribution in [0.4, 0.5) is 0 Å². The molecule has 1 aromatic rings. The molecule has 1 aromatic carbocycles. The van der Waals surface area contributed by atoms with Crippen molar-refractivity contribution in [2.75, 3.05) is 13.1 Å². The molecular formula is C18H29N. The Balaban J connectivity index is 1.70. The number of hydrogen-bond acceptors (Lipinski definition) is 1. The van der Waals surface area contributed by atoms with Gasteiger partial charge in [-0.3, -0.25) is 0 Å². The molecule has 0 fully saturated rings. The van der Waals surface area contributed by atoms with Crippen molar-refractivity contribution in [2.24, 2.45) is 5.92 Å². The molecule has 1 nitrogen and oxygen atoms in total. The van der Waals surface area contributed by atoms with Gasteiger partial charge in [0, 0.05) is 0 Å². The lowest BCUT2D eigenvalue weighted by molar-refractivity contribution is 0.470. The standard InChI is InChI=1S/C18H29N/c1-3-12-19-13-11-15(2)7-8-16-9-10-17-5-4-6-18(17)14-16/h9-10,14-15,19H,3-8,11-13H2,1-2H3. The zero-order valence-corrected chi connectivity index (χ0v) is 12.7. The lowest BCUT2D eigenvalue weighted by atomic mass is 9.96. The van der Waals surface area contributed by atoms with E-state index < -0.39 is 0 Å². The van der Waals surface area contributed by atoms with E-state index in [2.05, 4.69) is 37.4 Å². The molecule has 0 heterocycles. The summed E-state index contributed by atoms with van der Waals surface area (Å²) in [4.78, 5) is 0. The van der Waals surface area contributed by atoms with Crippen LogP contribution in [0.5, 0.6) is 0 Å². The number of benzene rings is 1. The van der Waals surface area contributed by atoms with Gasteiger partial charge < -0.3 is 5.32 Å². The highest BCUT2D eigenvalue weighted by atomic mass is 14.8. The van der Waals surface area contributed by atoms with Gasteiger partial charge in [0.25, 0.3) is 0 Å². The van der Waals surface area contributed by atoms with E-state index in [0.717, 1.165) is 12.5 Å². The third-order valence-corrected chi connectivity index (χ3v) is 4.33.